The number of hydrogen-bond acceptors (Lipinski definition) is 8. The maximum Gasteiger partial charge on any atom is 0.325 e. The molecule has 0 saturated carbocycles. The van der Waals surface area contributed by atoms with Crippen LogP contribution in [-0.4, -0.2) is 52.6 Å². The monoisotopic (exact) mass is 409 g/mol. The van der Waals surface area contributed by atoms with Crippen LogP contribution in [0.5, 0.6) is 0 Å². The molecule has 0 radical (unpaired) electrons. The zero-order valence-corrected chi connectivity index (χ0v) is 16.8. The molecule has 1 aromatic carbocycles. The Morgan fingerprint density at radius 2 is 2.11 bits per heavy atom. The molecule has 0 spiro atoms. The summed E-state index contributed by atoms with van der Waals surface area (Å²) in [5.41, 5.74) is 1.78. The summed E-state index contributed by atoms with van der Waals surface area (Å²) in [7, 11) is -3.97. The predicted molar refractivity (Wildman–Crippen MR) is 97.7 cm³/mol. The highest BCUT2D eigenvalue weighted by molar-refractivity contribution is 7.89. The van der Waals surface area contributed by atoms with E-state index in [2.05, 4.69) is 10.1 Å². The lowest BCUT2D eigenvalue weighted by atomic mass is 10.1. The fourth-order valence-corrected chi connectivity index (χ4v) is 4.71. The quantitative estimate of drug-likeness (QED) is 0.704. The maximum atomic E-state index is 13.0. The number of nitrogens with zero attached hydrogens (tertiary/aromatic N) is 3. The van der Waals surface area contributed by atoms with E-state index in [-0.39, 0.29) is 30.4 Å². The molecule has 1 aliphatic heterocycles. The molecular formula is C18H23N3O6S. The second kappa shape index (κ2) is 7.98. The van der Waals surface area contributed by atoms with Gasteiger partial charge in [-0.05, 0) is 37.1 Å². The number of ether oxygens (including phenoxy) is 1. The second-order valence-corrected chi connectivity index (χ2v) is 8.68. The number of rotatable bonds is 6. The lowest BCUT2D eigenvalue weighted by molar-refractivity contribution is -0.149. The Hall–Kier alpha value is -2.30. The van der Waals surface area contributed by atoms with Crippen LogP contribution in [-0.2, 0) is 32.6 Å². The molecule has 0 amide bonds. The van der Waals surface area contributed by atoms with Crippen LogP contribution in [0.15, 0.2) is 27.6 Å². The number of aromatic nitrogens is 2. The molecule has 2 aromatic rings. The zero-order chi connectivity index (χ0) is 20.5. The van der Waals surface area contributed by atoms with Gasteiger partial charge in [0.2, 0.25) is 10.0 Å². The van der Waals surface area contributed by atoms with E-state index in [1.165, 1.54) is 6.07 Å². The molecule has 1 N–H and O–H groups in total. The summed E-state index contributed by atoms with van der Waals surface area (Å²) >= 11 is 0. The first-order chi connectivity index (χ1) is 13.2. The highest BCUT2D eigenvalue weighted by Gasteiger charge is 2.44. The summed E-state index contributed by atoms with van der Waals surface area (Å²) in [5, 5.41) is 13.7. The van der Waals surface area contributed by atoms with Gasteiger partial charge in [-0.1, -0.05) is 18.1 Å². The van der Waals surface area contributed by atoms with Crippen LogP contribution in [0.25, 0.3) is 0 Å². The number of benzene rings is 1. The van der Waals surface area contributed by atoms with Gasteiger partial charge in [0, 0.05) is 19.4 Å². The highest BCUT2D eigenvalue weighted by atomic mass is 32.2. The van der Waals surface area contributed by atoms with Crippen molar-refractivity contribution in [1.29, 1.82) is 0 Å². The molecular weight excluding hydrogens is 386 g/mol. The summed E-state index contributed by atoms with van der Waals surface area (Å²) in [6, 6.07) is 3.65. The van der Waals surface area contributed by atoms with Crippen molar-refractivity contribution >= 4 is 16.0 Å². The lowest BCUT2D eigenvalue weighted by Crippen LogP contribution is -2.41. The Morgan fingerprint density at radius 3 is 2.75 bits per heavy atom. The average molecular weight is 409 g/mol. The van der Waals surface area contributed by atoms with Crippen molar-refractivity contribution in [2.75, 3.05) is 6.54 Å². The number of aliphatic hydroxyl groups excluding tert-OH is 1. The average Bonchev–Trinajstić information content (AvgIpc) is 3.28. The first kappa shape index (κ1) is 20.4. The van der Waals surface area contributed by atoms with Crippen LogP contribution in [0, 0.1) is 13.8 Å². The fourth-order valence-electron chi connectivity index (χ4n) is 3.00. The van der Waals surface area contributed by atoms with Gasteiger partial charge in [0.25, 0.3) is 5.89 Å². The predicted octanol–water partition coefficient (Wildman–Crippen LogP) is 1.12. The lowest BCUT2D eigenvalue weighted by Gasteiger charge is -2.22. The van der Waals surface area contributed by atoms with Gasteiger partial charge < -0.3 is 14.4 Å². The van der Waals surface area contributed by atoms with Crippen LogP contribution in [0.1, 0.15) is 36.2 Å². The normalized spacial score (nSPS) is 20.4. The van der Waals surface area contributed by atoms with Crippen molar-refractivity contribution in [3.8, 4) is 0 Å². The number of aliphatic hydroxyl groups is 1. The molecule has 152 valence electrons. The maximum absolute atomic E-state index is 13.0. The number of sulfonamides is 1. The Balaban J connectivity index is 1.77. The molecule has 2 heterocycles. The van der Waals surface area contributed by atoms with Crippen LogP contribution < -0.4 is 0 Å². The first-order valence-electron chi connectivity index (χ1n) is 8.97. The Kier molecular flexibility index (Phi) is 5.82. The minimum Gasteiger partial charge on any atom is -0.454 e. The third kappa shape index (κ3) is 4.08. The van der Waals surface area contributed by atoms with Crippen molar-refractivity contribution < 1.29 is 27.6 Å². The second-order valence-electron chi connectivity index (χ2n) is 6.79. The standard InChI is InChI=1S/C18H23N3O6S/c1-4-16-19-17(27-20-16)10-26-18(23)15-8-13(22)9-21(15)28(24,25)14-6-5-11(2)12(3)7-14/h5-7,13,15,22H,4,8-10H2,1-3H3/t13?,15-/m0/s1. The third-order valence-corrected chi connectivity index (χ3v) is 6.63. The van der Waals surface area contributed by atoms with E-state index in [1.54, 1.807) is 12.1 Å². The van der Waals surface area contributed by atoms with Gasteiger partial charge in [0.1, 0.15) is 6.04 Å². The van der Waals surface area contributed by atoms with E-state index < -0.39 is 28.1 Å². The van der Waals surface area contributed by atoms with E-state index in [0.29, 0.717) is 12.2 Å². The van der Waals surface area contributed by atoms with Crippen molar-refractivity contribution in [1.82, 2.24) is 14.4 Å². The molecule has 28 heavy (non-hydrogen) atoms. The number of esters is 1. The number of β-amino-alcohol motifs (C(OH)–C–C–N with tert-alkyl or cyclic N) is 1. The van der Waals surface area contributed by atoms with E-state index in [0.717, 1.165) is 15.4 Å². The van der Waals surface area contributed by atoms with Gasteiger partial charge in [0.15, 0.2) is 12.4 Å². The van der Waals surface area contributed by atoms with Crippen molar-refractivity contribution in [3.63, 3.8) is 0 Å². The number of carbonyl (C=O) groups is 1. The summed E-state index contributed by atoms with van der Waals surface area (Å²) in [6.07, 6.45) is -0.407. The number of aryl methyl sites for hydroxylation is 3. The molecule has 1 fully saturated rings. The third-order valence-electron chi connectivity index (χ3n) is 4.75. The summed E-state index contributed by atoms with van der Waals surface area (Å²) in [5.74, 6) is -0.145. The van der Waals surface area contributed by atoms with Crippen molar-refractivity contribution in [2.45, 2.75) is 57.3 Å². The molecule has 1 aromatic heterocycles. The molecule has 9 nitrogen and oxygen atoms in total. The Morgan fingerprint density at radius 1 is 1.36 bits per heavy atom. The van der Waals surface area contributed by atoms with E-state index in [9.17, 15) is 18.3 Å². The molecule has 1 unspecified atom stereocenters. The molecule has 10 heteroatoms. The van der Waals surface area contributed by atoms with E-state index in [1.807, 2.05) is 20.8 Å². The first-order valence-corrected chi connectivity index (χ1v) is 10.4. The van der Waals surface area contributed by atoms with Gasteiger partial charge in [-0.3, -0.25) is 4.79 Å². The SMILES string of the molecule is CCc1noc(COC(=O)[C@@H]2CC(O)CN2S(=O)(=O)c2ccc(C)c(C)c2)n1. The minimum atomic E-state index is -3.97. The minimum absolute atomic E-state index is 0.0348. The summed E-state index contributed by atoms with van der Waals surface area (Å²) < 4.78 is 37.2. The van der Waals surface area contributed by atoms with Crippen LogP contribution in [0.3, 0.4) is 0 Å². The Bertz CT molecular complexity index is 971. The molecule has 1 aliphatic rings. The Labute approximate surface area is 163 Å². The molecule has 2 atom stereocenters. The van der Waals surface area contributed by atoms with Gasteiger partial charge in [-0.25, -0.2) is 8.42 Å². The summed E-state index contributed by atoms with van der Waals surface area (Å²) in [4.78, 5) is 16.6. The van der Waals surface area contributed by atoms with Crippen LogP contribution in [0.2, 0.25) is 0 Å². The van der Waals surface area contributed by atoms with Gasteiger partial charge >= 0.3 is 5.97 Å². The zero-order valence-electron chi connectivity index (χ0n) is 16.0. The number of carbonyl (C=O) groups excluding carboxylic acids is 1. The largest absolute Gasteiger partial charge is 0.454 e. The van der Waals surface area contributed by atoms with Crippen LogP contribution in [0.4, 0.5) is 0 Å². The summed E-state index contributed by atoms with van der Waals surface area (Å²) in [6.45, 7) is 5.13. The van der Waals surface area contributed by atoms with Crippen molar-refractivity contribution in [3.05, 3.63) is 41.0 Å². The van der Waals surface area contributed by atoms with Crippen LogP contribution >= 0.6 is 0 Å². The number of hydrogen-bond donors (Lipinski definition) is 1. The van der Waals surface area contributed by atoms with Gasteiger partial charge in [-0.2, -0.15) is 9.29 Å². The van der Waals surface area contributed by atoms with E-state index in [4.69, 9.17) is 9.26 Å². The smallest absolute Gasteiger partial charge is 0.325 e. The van der Waals surface area contributed by atoms with Gasteiger partial charge in [0.05, 0.1) is 11.0 Å². The van der Waals surface area contributed by atoms with E-state index >= 15 is 0 Å². The molecule has 3 rings (SSSR count). The molecule has 0 bridgehead atoms. The van der Waals surface area contributed by atoms with Crippen molar-refractivity contribution in [2.24, 2.45) is 0 Å². The highest BCUT2D eigenvalue weighted by Crippen LogP contribution is 2.28. The fraction of sp³-hybridized carbons (Fsp3) is 0.500. The van der Waals surface area contributed by atoms with Gasteiger partial charge in [-0.15, -0.1) is 0 Å². The topological polar surface area (TPSA) is 123 Å². The molecule has 0 aliphatic carbocycles. The molecule has 1 saturated heterocycles.